The SMILES string of the molecule is COc1cc2c(c(OC)c1OC)-c1ccc(N[C@@H](CCSC)C(=O)N[C@@H](CCSC)c3nc4ccccc4[nH]3)c(=O)cc1[C@@H](NC(C)=O)CC2. The van der Waals surface area contributed by atoms with Crippen LogP contribution in [0.4, 0.5) is 5.69 Å². The number of ether oxygens (including phenoxy) is 3. The molecule has 1 aliphatic carbocycles. The summed E-state index contributed by atoms with van der Waals surface area (Å²) in [5, 5.41) is 9.55. The number of rotatable bonds is 15. The van der Waals surface area contributed by atoms with E-state index in [1.165, 1.54) is 6.92 Å². The van der Waals surface area contributed by atoms with Crippen molar-refractivity contribution in [3.8, 4) is 28.4 Å². The largest absolute Gasteiger partial charge is 0.493 e. The lowest BCUT2D eigenvalue weighted by Crippen LogP contribution is -2.43. The van der Waals surface area contributed by atoms with Crippen LogP contribution in [0.5, 0.6) is 17.2 Å². The number of methoxy groups -OCH3 is 3. The van der Waals surface area contributed by atoms with Crippen molar-refractivity contribution in [1.29, 1.82) is 0 Å². The van der Waals surface area contributed by atoms with Crippen LogP contribution in [0, 0.1) is 0 Å². The molecule has 0 unspecified atom stereocenters. The topological polar surface area (TPSA) is 144 Å². The fourth-order valence-electron chi connectivity index (χ4n) is 6.44. The Kier molecular flexibility index (Phi) is 12.6. The first-order chi connectivity index (χ1) is 24.2. The Morgan fingerprint density at radius 1 is 0.980 bits per heavy atom. The van der Waals surface area contributed by atoms with Crippen LogP contribution in [0.2, 0.25) is 0 Å². The van der Waals surface area contributed by atoms with Crippen LogP contribution in [-0.4, -0.2) is 73.2 Å². The molecular formula is C37H45N5O6S2. The number of para-hydroxylation sites is 2. The first-order valence-electron chi connectivity index (χ1n) is 16.5. The van der Waals surface area contributed by atoms with Crippen LogP contribution in [-0.2, 0) is 16.0 Å². The number of hydrogen-bond donors (Lipinski definition) is 4. The molecule has 11 nitrogen and oxygen atoms in total. The second-order valence-electron chi connectivity index (χ2n) is 12.1. The van der Waals surface area contributed by atoms with Gasteiger partial charge in [0.1, 0.15) is 11.9 Å². The molecule has 1 aliphatic rings. The number of carbonyl (C=O) groups excluding carboxylic acids is 2. The maximum atomic E-state index is 14.0. The van der Waals surface area contributed by atoms with Gasteiger partial charge in [-0.1, -0.05) is 18.2 Å². The zero-order valence-corrected chi connectivity index (χ0v) is 30.9. The van der Waals surface area contributed by atoms with Gasteiger partial charge in [0.15, 0.2) is 11.5 Å². The highest BCUT2D eigenvalue weighted by molar-refractivity contribution is 7.98. The smallest absolute Gasteiger partial charge is 0.243 e. The van der Waals surface area contributed by atoms with Gasteiger partial charge in [-0.05, 0) is 96.7 Å². The Balaban J connectivity index is 1.55. The normalized spacial score (nSPS) is 14.8. The summed E-state index contributed by atoms with van der Waals surface area (Å²) in [6.45, 7) is 1.46. The number of amides is 2. The number of anilines is 1. The molecule has 4 N–H and O–H groups in total. The van der Waals surface area contributed by atoms with Crippen LogP contribution in [0.3, 0.4) is 0 Å². The van der Waals surface area contributed by atoms with Crippen LogP contribution >= 0.6 is 23.5 Å². The number of imidazole rings is 1. The Bertz CT molecular complexity index is 1870. The molecule has 266 valence electrons. The Morgan fingerprint density at radius 3 is 2.40 bits per heavy atom. The number of H-pyrrole nitrogens is 1. The number of carbonyl (C=O) groups is 2. The maximum Gasteiger partial charge on any atom is 0.243 e. The van der Waals surface area contributed by atoms with E-state index in [1.54, 1.807) is 57.0 Å². The Morgan fingerprint density at radius 2 is 1.72 bits per heavy atom. The third kappa shape index (κ3) is 8.15. The standard InChI is InChI=1S/C37H45N5O6S2/c1-21(43)38-25-13-11-22-19-32(46-2)34(47-3)35(48-4)33(22)23-12-14-28(31(44)20-24(23)25)39-30(16-18-50-6)37(45)42-29(15-17-49-5)36-40-26-9-7-8-10-27(26)41-36/h7-10,12,14,19-20,25,29-30H,11,13,15-18H2,1-6H3,(H,38,43)(H,39,44)(H,40,41)(H,42,45)/t25-,29-,30-/m0/s1. The minimum absolute atomic E-state index is 0.208. The van der Waals surface area contributed by atoms with E-state index in [2.05, 4.69) is 20.9 Å². The lowest BCUT2D eigenvalue weighted by atomic mass is 9.95. The Labute approximate surface area is 301 Å². The number of aryl methyl sites for hydroxylation is 1. The summed E-state index contributed by atoms with van der Waals surface area (Å²) >= 11 is 3.33. The van der Waals surface area contributed by atoms with Gasteiger partial charge in [-0.25, -0.2) is 4.98 Å². The Hall–Kier alpha value is -4.36. The molecule has 1 aromatic heterocycles. The molecule has 0 aliphatic heterocycles. The molecule has 0 bridgehead atoms. The third-order valence-corrected chi connectivity index (χ3v) is 10.1. The molecule has 0 radical (unpaired) electrons. The summed E-state index contributed by atoms with van der Waals surface area (Å²) in [7, 11) is 4.68. The number of aromatic nitrogens is 2. The first kappa shape index (κ1) is 36.9. The molecule has 3 atom stereocenters. The predicted octanol–water partition coefficient (Wildman–Crippen LogP) is 5.88. The molecule has 2 amide bonds. The average molecular weight is 720 g/mol. The highest BCUT2D eigenvalue weighted by atomic mass is 32.2. The molecule has 3 aromatic carbocycles. The molecule has 0 saturated carbocycles. The molecule has 5 rings (SSSR count). The summed E-state index contributed by atoms with van der Waals surface area (Å²) in [6.07, 6.45) is 6.32. The van der Waals surface area contributed by atoms with Gasteiger partial charge in [0.05, 0.1) is 50.1 Å². The molecule has 13 heteroatoms. The van der Waals surface area contributed by atoms with Crippen molar-refractivity contribution in [3.63, 3.8) is 0 Å². The van der Waals surface area contributed by atoms with Crippen molar-refractivity contribution in [1.82, 2.24) is 20.6 Å². The van der Waals surface area contributed by atoms with E-state index >= 15 is 0 Å². The molecule has 1 heterocycles. The van der Waals surface area contributed by atoms with Crippen molar-refractivity contribution in [3.05, 3.63) is 75.7 Å². The van der Waals surface area contributed by atoms with Crippen LogP contribution < -0.4 is 35.6 Å². The number of aromatic amines is 1. The average Bonchev–Trinajstić information content (AvgIpc) is 3.42. The van der Waals surface area contributed by atoms with Gasteiger partial charge >= 0.3 is 0 Å². The molecule has 0 saturated heterocycles. The molecule has 50 heavy (non-hydrogen) atoms. The molecule has 4 aromatic rings. The van der Waals surface area contributed by atoms with E-state index in [0.717, 1.165) is 27.9 Å². The van der Waals surface area contributed by atoms with Crippen molar-refractivity contribution < 1.29 is 23.8 Å². The second kappa shape index (κ2) is 17.0. The van der Waals surface area contributed by atoms with Gasteiger partial charge in [0.25, 0.3) is 0 Å². The number of nitrogens with one attached hydrogen (secondary N) is 4. The lowest BCUT2D eigenvalue weighted by Gasteiger charge is -2.23. The van der Waals surface area contributed by atoms with Gasteiger partial charge in [-0.3, -0.25) is 14.4 Å². The van der Waals surface area contributed by atoms with E-state index in [9.17, 15) is 14.4 Å². The summed E-state index contributed by atoms with van der Waals surface area (Å²) in [5.41, 5.74) is 4.76. The van der Waals surface area contributed by atoms with Crippen LogP contribution in [0.1, 0.15) is 55.2 Å². The van der Waals surface area contributed by atoms with E-state index in [4.69, 9.17) is 19.2 Å². The molecule has 0 fully saturated rings. The quantitative estimate of drug-likeness (QED) is 0.118. The van der Waals surface area contributed by atoms with E-state index in [0.29, 0.717) is 65.6 Å². The number of thioether (sulfide) groups is 2. The van der Waals surface area contributed by atoms with Crippen molar-refractivity contribution >= 4 is 52.1 Å². The van der Waals surface area contributed by atoms with E-state index in [1.807, 2.05) is 48.9 Å². The van der Waals surface area contributed by atoms with Crippen LogP contribution in [0.15, 0.2) is 53.3 Å². The summed E-state index contributed by atoms with van der Waals surface area (Å²) in [6, 6.07) is 13.3. The lowest BCUT2D eigenvalue weighted by molar-refractivity contribution is -0.122. The van der Waals surface area contributed by atoms with Gasteiger partial charge in [0, 0.05) is 12.5 Å². The first-order valence-corrected chi connectivity index (χ1v) is 19.3. The fourth-order valence-corrected chi connectivity index (χ4v) is 7.38. The molecule has 0 spiro atoms. The number of benzene rings is 2. The van der Waals surface area contributed by atoms with Crippen molar-refractivity contribution in [2.24, 2.45) is 0 Å². The summed E-state index contributed by atoms with van der Waals surface area (Å²) in [4.78, 5) is 48.6. The highest BCUT2D eigenvalue weighted by Gasteiger charge is 2.30. The molecular weight excluding hydrogens is 675 g/mol. The zero-order chi connectivity index (χ0) is 35.8. The van der Waals surface area contributed by atoms with Gasteiger partial charge < -0.3 is 35.1 Å². The third-order valence-electron chi connectivity index (χ3n) is 8.84. The fraction of sp³-hybridized carbons (Fsp3) is 0.405. The number of fused-ring (bicyclic) bond motifs is 4. The summed E-state index contributed by atoms with van der Waals surface area (Å²) < 4.78 is 17.3. The van der Waals surface area contributed by atoms with E-state index < -0.39 is 12.1 Å². The second-order valence-corrected chi connectivity index (χ2v) is 14.0. The predicted molar refractivity (Wildman–Crippen MR) is 203 cm³/mol. The number of hydrogen-bond acceptors (Lipinski definition) is 10. The zero-order valence-electron chi connectivity index (χ0n) is 29.3. The monoisotopic (exact) mass is 719 g/mol. The van der Waals surface area contributed by atoms with Crippen LogP contribution in [0.25, 0.3) is 22.2 Å². The minimum Gasteiger partial charge on any atom is -0.493 e. The highest BCUT2D eigenvalue weighted by Crippen LogP contribution is 2.50. The van der Waals surface area contributed by atoms with Crippen molar-refractivity contribution in [2.45, 2.75) is 50.7 Å². The number of nitrogens with zero attached hydrogens (tertiary/aromatic N) is 1. The van der Waals surface area contributed by atoms with Gasteiger partial charge in [-0.15, -0.1) is 0 Å². The van der Waals surface area contributed by atoms with E-state index in [-0.39, 0.29) is 29.0 Å². The summed E-state index contributed by atoms with van der Waals surface area (Å²) in [5.74, 6) is 3.21. The van der Waals surface area contributed by atoms with Gasteiger partial charge in [0.2, 0.25) is 23.0 Å². The van der Waals surface area contributed by atoms with Crippen molar-refractivity contribution in [2.75, 3.05) is 50.7 Å². The minimum atomic E-state index is -0.698. The maximum absolute atomic E-state index is 14.0. The van der Waals surface area contributed by atoms with Gasteiger partial charge in [-0.2, -0.15) is 23.5 Å².